The molecular formula is C15H18N2O3. The van der Waals surface area contributed by atoms with E-state index in [1.807, 2.05) is 17.0 Å². The van der Waals surface area contributed by atoms with Gasteiger partial charge in [0.05, 0.1) is 19.0 Å². The average molecular weight is 274 g/mol. The molecule has 0 aromatic heterocycles. The molecule has 0 amide bonds. The number of anilines is 1. The Bertz CT molecular complexity index is 477. The summed E-state index contributed by atoms with van der Waals surface area (Å²) in [5.74, 6) is -0.235. The highest BCUT2D eigenvalue weighted by Gasteiger charge is 2.07. The van der Waals surface area contributed by atoms with E-state index in [1.54, 1.807) is 19.1 Å². The summed E-state index contributed by atoms with van der Waals surface area (Å²) in [5.41, 5.74) is 1.50. The minimum absolute atomic E-state index is 0.235. The lowest BCUT2D eigenvalue weighted by atomic mass is 10.2. The number of carbonyl (C=O) groups excluding carboxylic acids is 2. The number of aldehydes is 1. The lowest BCUT2D eigenvalue weighted by Gasteiger charge is -2.23. The Labute approximate surface area is 118 Å². The van der Waals surface area contributed by atoms with Crippen LogP contribution < -0.4 is 4.90 Å². The molecule has 5 heteroatoms. The molecule has 20 heavy (non-hydrogen) atoms. The van der Waals surface area contributed by atoms with Gasteiger partial charge in [-0.3, -0.25) is 9.59 Å². The first kappa shape index (κ1) is 15.7. The minimum Gasteiger partial charge on any atom is -0.464 e. The fourth-order valence-corrected chi connectivity index (χ4v) is 1.69. The lowest BCUT2D eigenvalue weighted by molar-refractivity contribution is -0.142. The van der Waals surface area contributed by atoms with Gasteiger partial charge in [-0.2, -0.15) is 5.26 Å². The second kappa shape index (κ2) is 8.70. The third-order valence-corrected chi connectivity index (χ3v) is 2.80. The minimum atomic E-state index is -0.235. The molecule has 5 nitrogen and oxygen atoms in total. The molecule has 0 N–H and O–H groups in total. The normalized spacial score (nSPS) is 9.60. The number of nitrogens with zero attached hydrogens (tertiary/aromatic N) is 2. The number of hydrogen-bond donors (Lipinski definition) is 0. The summed E-state index contributed by atoms with van der Waals surface area (Å²) in [6.07, 6.45) is 1.52. The van der Waals surface area contributed by atoms with E-state index < -0.39 is 0 Å². The number of carbonyl (C=O) groups is 2. The van der Waals surface area contributed by atoms with Crippen LogP contribution >= 0.6 is 0 Å². The highest BCUT2D eigenvalue weighted by molar-refractivity contribution is 5.75. The molecule has 0 radical (unpaired) electrons. The quantitative estimate of drug-likeness (QED) is 0.536. The number of ether oxygens (including phenoxy) is 1. The molecule has 1 rings (SSSR count). The molecule has 0 unspecified atom stereocenters. The van der Waals surface area contributed by atoms with Crippen molar-refractivity contribution in [3.8, 4) is 6.07 Å². The number of rotatable bonds is 8. The molecule has 0 aliphatic heterocycles. The smallest absolute Gasteiger partial charge is 0.305 e. The number of esters is 1. The van der Waals surface area contributed by atoms with Crippen molar-refractivity contribution >= 4 is 17.9 Å². The van der Waals surface area contributed by atoms with Gasteiger partial charge in [-0.1, -0.05) is 6.92 Å². The Morgan fingerprint density at radius 3 is 2.60 bits per heavy atom. The van der Waals surface area contributed by atoms with E-state index >= 15 is 0 Å². The van der Waals surface area contributed by atoms with Gasteiger partial charge in [-0.15, -0.1) is 0 Å². The van der Waals surface area contributed by atoms with Gasteiger partial charge < -0.3 is 9.64 Å². The Balaban J connectivity index is 2.64. The van der Waals surface area contributed by atoms with Crippen molar-refractivity contribution in [2.45, 2.75) is 19.8 Å². The Morgan fingerprint density at radius 1 is 1.35 bits per heavy atom. The van der Waals surface area contributed by atoms with Crippen molar-refractivity contribution in [1.29, 1.82) is 5.26 Å². The first-order chi connectivity index (χ1) is 9.71. The highest BCUT2D eigenvalue weighted by atomic mass is 16.5. The van der Waals surface area contributed by atoms with Crippen molar-refractivity contribution < 1.29 is 14.3 Å². The van der Waals surface area contributed by atoms with E-state index in [4.69, 9.17) is 10.00 Å². The summed E-state index contributed by atoms with van der Waals surface area (Å²) in [6.45, 7) is 3.11. The molecule has 0 heterocycles. The summed E-state index contributed by atoms with van der Waals surface area (Å²) in [4.78, 5) is 23.7. The second-order valence-electron chi connectivity index (χ2n) is 4.18. The van der Waals surface area contributed by atoms with Crippen LogP contribution in [-0.4, -0.2) is 32.0 Å². The Hall–Kier alpha value is -2.35. The molecule has 0 saturated carbocycles. The number of nitriles is 1. The molecular weight excluding hydrogens is 256 g/mol. The Kier molecular flexibility index (Phi) is 6.83. The van der Waals surface area contributed by atoms with E-state index in [1.165, 1.54) is 0 Å². The van der Waals surface area contributed by atoms with Crippen molar-refractivity contribution in [2.75, 3.05) is 24.6 Å². The van der Waals surface area contributed by atoms with Crippen molar-refractivity contribution in [3.05, 3.63) is 29.8 Å². The topological polar surface area (TPSA) is 70.4 Å². The molecule has 0 aliphatic rings. The van der Waals surface area contributed by atoms with E-state index in [0.29, 0.717) is 31.5 Å². The zero-order chi connectivity index (χ0) is 14.8. The van der Waals surface area contributed by atoms with Gasteiger partial charge in [-0.25, -0.2) is 0 Å². The van der Waals surface area contributed by atoms with Crippen LogP contribution in [0.1, 0.15) is 30.1 Å². The molecule has 0 saturated heterocycles. The van der Waals surface area contributed by atoms with Gasteiger partial charge in [0.2, 0.25) is 0 Å². The third kappa shape index (κ3) is 5.11. The second-order valence-corrected chi connectivity index (χ2v) is 4.18. The van der Waals surface area contributed by atoms with Crippen LogP contribution in [-0.2, 0) is 9.53 Å². The summed E-state index contributed by atoms with van der Waals surface area (Å²) >= 11 is 0. The summed E-state index contributed by atoms with van der Waals surface area (Å²) in [5, 5.41) is 8.69. The van der Waals surface area contributed by atoms with Crippen LogP contribution in [0.5, 0.6) is 0 Å². The summed E-state index contributed by atoms with van der Waals surface area (Å²) in [7, 11) is 0. The molecule has 0 atom stereocenters. The van der Waals surface area contributed by atoms with Crippen LogP contribution in [0.4, 0.5) is 5.69 Å². The van der Waals surface area contributed by atoms with Gasteiger partial charge >= 0.3 is 5.97 Å². The summed E-state index contributed by atoms with van der Waals surface area (Å²) < 4.78 is 5.05. The molecule has 1 aromatic rings. The van der Waals surface area contributed by atoms with Gasteiger partial charge in [0, 0.05) is 24.2 Å². The van der Waals surface area contributed by atoms with Crippen LogP contribution in [0.15, 0.2) is 24.3 Å². The van der Waals surface area contributed by atoms with Gasteiger partial charge in [0.25, 0.3) is 0 Å². The molecule has 0 fully saturated rings. The fraction of sp³-hybridized carbons (Fsp3) is 0.400. The first-order valence-electron chi connectivity index (χ1n) is 6.54. The Morgan fingerprint density at radius 2 is 2.05 bits per heavy atom. The standard InChI is InChI=1S/C15H18N2O3/c1-2-15(19)20-11-10-17(9-3-8-16)14-6-4-13(12-18)5-7-14/h4-7,12H,2-3,9-11H2,1H3. The molecule has 1 aromatic carbocycles. The predicted molar refractivity (Wildman–Crippen MR) is 75.5 cm³/mol. The molecule has 0 bridgehead atoms. The van der Waals surface area contributed by atoms with Gasteiger partial charge in [-0.05, 0) is 24.3 Å². The van der Waals surface area contributed by atoms with Gasteiger partial charge in [0.15, 0.2) is 0 Å². The monoisotopic (exact) mass is 274 g/mol. The fourth-order valence-electron chi connectivity index (χ4n) is 1.69. The van der Waals surface area contributed by atoms with E-state index in [-0.39, 0.29) is 12.6 Å². The lowest BCUT2D eigenvalue weighted by Crippen LogP contribution is -2.29. The molecule has 0 aliphatic carbocycles. The maximum atomic E-state index is 11.1. The van der Waals surface area contributed by atoms with Gasteiger partial charge in [0.1, 0.15) is 12.9 Å². The van der Waals surface area contributed by atoms with Crippen LogP contribution in [0.3, 0.4) is 0 Å². The predicted octanol–water partition coefficient (Wildman–Crippen LogP) is 2.17. The van der Waals surface area contributed by atoms with E-state index in [0.717, 1.165) is 12.0 Å². The SMILES string of the molecule is CCC(=O)OCCN(CCC#N)c1ccc(C=O)cc1. The maximum absolute atomic E-state index is 11.1. The summed E-state index contributed by atoms with van der Waals surface area (Å²) in [6, 6.07) is 9.18. The zero-order valence-electron chi connectivity index (χ0n) is 11.5. The third-order valence-electron chi connectivity index (χ3n) is 2.80. The maximum Gasteiger partial charge on any atom is 0.305 e. The zero-order valence-corrected chi connectivity index (χ0v) is 11.5. The van der Waals surface area contributed by atoms with Crippen molar-refractivity contribution in [1.82, 2.24) is 0 Å². The highest BCUT2D eigenvalue weighted by Crippen LogP contribution is 2.15. The molecule has 106 valence electrons. The van der Waals surface area contributed by atoms with Crippen LogP contribution in [0, 0.1) is 11.3 Å². The van der Waals surface area contributed by atoms with Crippen molar-refractivity contribution in [2.24, 2.45) is 0 Å². The average Bonchev–Trinajstić information content (AvgIpc) is 2.50. The number of hydrogen-bond acceptors (Lipinski definition) is 5. The largest absolute Gasteiger partial charge is 0.464 e. The van der Waals surface area contributed by atoms with Crippen molar-refractivity contribution in [3.63, 3.8) is 0 Å². The van der Waals surface area contributed by atoms with E-state index in [2.05, 4.69) is 6.07 Å². The number of benzene rings is 1. The van der Waals surface area contributed by atoms with E-state index in [9.17, 15) is 9.59 Å². The molecule has 0 spiro atoms. The van der Waals surface area contributed by atoms with Crippen LogP contribution in [0.2, 0.25) is 0 Å². The van der Waals surface area contributed by atoms with Crippen LogP contribution in [0.25, 0.3) is 0 Å². The first-order valence-corrected chi connectivity index (χ1v) is 6.54.